The number of carbonyl (C=O) groups excluding carboxylic acids is 1. The van der Waals surface area contributed by atoms with Crippen LogP contribution in [0.3, 0.4) is 0 Å². The number of phosphoric acid groups is 1. The van der Waals surface area contributed by atoms with E-state index in [9.17, 15) is 19.4 Å². The van der Waals surface area contributed by atoms with Gasteiger partial charge in [0.05, 0.1) is 39.9 Å². The minimum Gasteiger partial charge on any atom is -0.756 e. The average Bonchev–Trinajstić information content (AvgIpc) is 2.99. The summed E-state index contributed by atoms with van der Waals surface area (Å²) in [6.07, 6.45) is 32.2. The fourth-order valence-electron chi connectivity index (χ4n) is 5.07. The van der Waals surface area contributed by atoms with Crippen LogP contribution in [0.4, 0.5) is 0 Å². The highest BCUT2D eigenvalue weighted by Gasteiger charge is 2.23. The number of quaternary nitrogens is 1. The van der Waals surface area contributed by atoms with Crippen molar-refractivity contribution >= 4 is 13.7 Å². The minimum absolute atomic E-state index is 0.00264. The minimum atomic E-state index is -4.58. The van der Waals surface area contributed by atoms with Crippen molar-refractivity contribution in [3.8, 4) is 0 Å². The van der Waals surface area contributed by atoms with E-state index in [4.69, 9.17) is 9.05 Å². The van der Waals surface area contributed by atoms with Gasteiger partial charge in [0.25, 0.3) is 7.82 Å². The van der Waals surface area contributed by atoms with Gasteiger partial charge < -0.3 is 28.8 Å². The molecule has 0 spiro atoms. The first kappa shape index (κ1) is 45.0. The summed E-state index contributed by atoms with van der Waals surface area (Å²) in [7, 11) is 1.25. The number of allylic oxidation sites excluding steroid dienone is 3. The smallest absolute Gasteiger partial charge is 0.268 e. The summed E-state index contributed by atoms with van der Waals surface area (Å²) in [5, 5.41) is 13.7. The summed E-state index contributed by atoms with van der Waals surface area (Å²) in [5.74, 6) is -0.215. The van der Waals surface area contributed by atoms with E-state index in [1.807, 2.05) is 27.2 Å². The molecule has 9 heteroatoms. The predicted octanol–water partition coefficient (Wildman–Crippen LogP) is 8.77. The second kappa shape index (κ2) is 30.1. The Bertz CT molecular complexity index is 814. The van der Waals surface area contributed by atoms with Crippen molar-refractivity contribution in [2.24, 2.45) is 0 Å². The van der Waals surface area contributed by atoms with E-state index in [0.29, 0.717) is 17.4 Å². The molecule has 46 heavy (non-hydrogen) atoms. The molecule has 3 unspecified atom stereocenters. The van der Waals surface area contributed by atoms with Crippen molar-refractivity contribution in [3.05, 3.63) is 24.3 Å². The number of nitrogens with one attached hydrogen (secondary N) is 1. The number of unbranched alkanes of at least 4 members (excludes halogenated alkanes) is 18. The van der Waals surface area contributed by atoms with Gasteiger partial charge in [-0.1, -0.05) is 134 Å². The second-order valence-corrected chi connectivity index (χ2v) is 15.3. The van der Waals surface area contributed by atoms with Crippen molar-refractivity contribution in [2.75, 3.05) is 40.9 Å². The van der Waals surface area contributed by atoms with Crippen LogP contribution in [0.15, 0.2) is 24.3 Å². The van der Waals surface area contributed by atoms with Crippen LogP contribution < -0.4 is 10.2 Å². The van der Waals surface area contributed by atoms with E-state index in [-0.39, 0.29) is 19.1 Å². The summed E-state index contributed by atoms with van der Waals surface area (Å²) in [6, 6.07) is -0.886. The van der Waals surface area contributed by atoms with Gasteiger partial charge in [-0.3, -0.25) is 9.36 Å². The third-order valence-corrected chi connectivity index (χ3v) is 9.12. The quantitative estimate of drug-likeness (QED) is 0.0312. The molecule has 272 valence electrons. The van der Waals surface area contributed by atoms with Gasteiger partial charge in [0, 0.05) is 6.42 Å². The highest BCUT2D eigenvalue weighted by molar-refractivity contribution is 7.45. The van der Waals surface area contributed by atoms with Crippen LogP contribution in [0.5, 0.6) is 0 Å². The Morgan fingerprint density at radius 2 is 1.22 bits per heavy atom. The highest BCUT2D eigenvalue weighted by atomic mass is 31.2. The Morgan fingerprint density at radius 1 is 0.739 bits per heavy atom. The van der Waals surface area contributed by atoms with Crippen LogP contribution in [0.2, 0.25) is 0 Å². The predicted molar refractivity (Wildman–Crippen MR) is 192 cm³/mol. The first-order valence-corrected chi connectivity index (χ1v) is 20.2. The van der Waals surface area contributed by atoms with Gasteiger partial charge in [-0.15, -0.1) is 0 Å². The lowest BCUT2D eigenvalue weighted by Crippen LogP contribution is -2.45. The van der Waals surface area contributed by atoms with Gasteiger partial charge in [-0.2, -0.15) is 0 Å². The molecule has 0 saturated heterocycles. The molecule has 0 aromatic heterocycles. The number of nitrogens with zero attached hydrogens (tertiary/aromatic N) is 1. The first-order chi connectivity index (χ1) is 22.0. The van der Waals surface area contributed by atoms with Gasteiger partial charge in [0.1, 0.15) is 13.2 Å². The number of hydrogen-bond donors (Lipinski definition) is 2. The molecule has 1 amide bonds. The SMILES string of the molecule is CCCC/C=C\CCCCCCC(=O)NC(COP(=O)([O-])OCC[N+](C)(C)C)C(O)/C=C/CCCCCCCCCCCCCC. The largest absolute Gasteiger partial charge is 0.756 e. The Morgan fingerprint density at radius 3 is 1.76 bits per heavy atom. The van der Waals surface area contributed by atoms with Crippen molar-refractivity contribution in [2.45, 2.75) is 167 Å². The van der Waals surface area contributed by atoms with Crippen LogP contribution in [0.25, 0.3) is 0 Å². The fourth-order valence-corrected chi connectivity index (χ4v) is 5.79. The van der Waals surface area contributed by atoms with Crippen LogP contribution in [0.1, 0.15) is 155 Å². The number of amides is 1. The van der Waals surface area contributed by atoms with Crippen molar-refractivity contribution in [1.29, 1.82) is 0 Å². The molecule has 0 aliphatic rings. The van der Waals surface area contributed by atoms with E-state index >= 15 is 0 Å². The summed E-state index contributed by atoms with van der Waals surface area (Å²) >= 11 is 0. The highest BCUT2D eigenvalue weighted by Crippen LogP contribution is 2.38. The molecule has 0 aromatic rings. The number of aliphatic hydroxyl groups excluding tert-OH is 1. The third kappa shape index (κ3) is 31.6. The van der Waals surface area contributed by atoms with Crippen LogP contribution in [-0.4, -0.2) is 68.5 Å². The molecule has 0 bridgehead atoms. The van der Waals surface area contributed by atoms with E-state index in [1.165, 1.54) is 77.0 Å². The number of aliphatic hydroxyl groups is 1. The molecule has 0 saturated carbocycles. The number of likely N-dealkylation sites (N-methyl/N-ethyl adjacent to an activating group) is 1. The molecular formula is C37H73N2O6P. The monoisotopic (exact) mass is 673 g/mol. The zero-order valence-electron chi connectivity index (χ0n) is 30.5. The molecule has 0 aromatic carbocycles. The number of phosphoric ester groups is 1. The normalized spacial score (nSPS) is 15.0. The van der Waals surface area contributed by atoms with Crippen LogP contribution in [-0.2, 0) is 18.4 Å². The molecule has 8 nitrogen and oxygen atoms in total. The van der Waals surface area contributed by atoms with Gasteiger partial charge in [-0.05, 0) is 38.5 Å². The molecule has 0 radical (unpaired) electrons. The molecular weight excluding hydrogens is 599 g/mol. The zero-order chi connectivity index (χ0) is 34.4. The Kier molecular flexibility index (Phi) is 29.4. The standard InChI is InChI=1S/C37H73N2O6P/c1-6-8-10-12-14-16-18-19-20-21-22-24-26-28-30-36(40)35(34-45-46(42,43)44-33-32-39(3,4)5)38-37(41)31-29-27-25-23-17-15-13-11-9-7-2/h13,15,28,30,35-36,40H,6-12,14,16-27,29,31-34H2,1-5H3,(H-,38,41,42,43)/b15-13-,30-28+. The van der Waals surface area contributed by atoms with Crippen LogP contribution in [0, 0.1) is 0 Å². The lowest BCUT2D eigenvalue weighted by molar-refractivity contribution is -0.870. The lowest BCUT2D eigenvalue weighted by Gasteiger charge is -2.29. The van der Waals surface area contributed by atoms with E-state index in [1.54, 1.807) is 6.08 Å². The topological polar surface area (TPSA) is 108 Å². The van der Waals surface area contributed by atoms with E-state index < -0.39 is 20.0 Å². The molecule has 0 rings (SSSR count). The summed E-state index contributed by atoms with van der Waals surface area (Å²) in [5.41, 5.74) is 0. The number of rotatable bonds is 33. The third-order valence-electron chi connectivity index (χ3n) is 8.16. The summed E-state index contributed by atoms with van der Waals surface area (Å²) in [4.78, 5) is 25.1. The molecule has 3 atom stereocenters. The summed E-state index contributed by atoms with van der Waals surface area (Å²) < 4.78 is 23.0. The number of carbonyl (C=O) groups is 1. The zero-order valence-corrected chi connectivity index (χ0v) is 31.4. The Hall–Kier alpha value is -1.02. The van der Waals surface area contributed by atoms with Gasteiger partial charge in [0.15, 0.2) is 0 Å². The lowest BCUT2D eigenvalue weighted by atomic mass is 10.0. The van der Waals surface area contributed by atoms with Crippen molar-refractivity contribution in [3.63, 3.8) is 0 Å². The van der Waals surface area contributed by atoms with Crippen LogP contribution >= 0.6 is 7.82 Å². The van der Waals surface area contributed by atoms with Crippen molar-refractivity contribution < 1.29 is 32.9 Å². The maximum absolute atomic E-state index is 12.7. The second-order valence-electron chi connectivity index (χ2n) is 13.9. The molecule has 2 N–H and O–H groups in total. The maximum Gasteiger partial charge on any atom is 0.268 e. The molecule has 0 aliphatic heterocycles. The molecule has 0 fully saturated rings. The molecule has 0 heterocycles. The van der Waals surface area contributed by atoms with Gasteiger partial charge in [0.2, 0.25) is 5.91 Å². The Balaban J connectivity index is 4.57. The van der Waals surface area contributed by atoms with Crippen molar-refractivity contribution in [1.82, 2.24) is 5.32 Å². The first-order valence-electron chi connectivity index (χ1n) is 18.7. The fraction of sp³-hybridized carbons (Fsp3) is 0.865. The van der Waals surface area contributed by atoms with Gasteiger partial charge in [-0.25, -0.2) is 0 Å². The molecule has 0 aliphatic carbocycles. The summed E-state index contributed by atoms with van der Waals surface area (Å²) in [6.45, 7) is 4.56. The number of hydrogen-bond acceptors (Lipinski definition) is 6. The Labute approximate surface area is 284 Å². The van der Waals surface area contributed by atoms with Gasteiger partial charge >= 0.3 is 0 Å². The van der Waals surface area contributed by atoms with E-state index in [2.05, 4.69) is 31.3 Å². The maximum atomic E-state index is 12.7. The van der Waals surface area contributed by atoms with E-state index in [0.717, 1.165) is 57.8 Å². The average molecular weight is 673 g/mol.